The Kier molecular flexibility index (Phi) is 6.20. The van der Waals surface area contributed by atoms with Crippen LogP contribution in [0.5, 0.6) is 0 Å². The van der Waals surface area contributed by atoms with Gasteiger partial charge in [-0.05, 0) is 36.6 Å². The van der Waals surface area contributed by atoms with Crippen LogP contribution in [0.25, 0.3) is 0 Å². The first-order valence-electron chi connectivity index (χ1n) is 9.37. The lowest BCUT2D eigenvalue weighted by atomic mass is 9.82. The summed E-state index contributed by atoms with van der Waals surface area (Å²) in [6.45, 7) is 4.41. The molecule has 0 fully saturated rings. The van der Waals surface area contributed by atoms with Crippen molar-refractivity contribution in [3.63, 3.8) is 0 Å². The van der Waals surface area contributed by atoms with E-state index in [0.717, 1.165) is 16.7 Å². The van der Waals surface area contributed by atoms with Gasteiger partial charge in [0.05, 0.1) is 19.2 Å². The van der Waals surface area contributed by atoms with Crippen molar-refractivity contribution in [2.45, 2.75) is 39.2 Å². The van der Waals surface area contributed by atoms with Gasteiger partial charge >= 0.3 is 5.97 Å². The molecular formula is C23H24ClNO3. The van der Waals surface area contributed by atoms with Crippen molar-refractivity contribution in [2.75, 3.05) is 7.11 Å². The Hall–Kier alpha value is -2.59. The van der Waals surface area contributed by atoms with Gasteiger partial charge in [0.2, 0.25) is 5.91 Å². The lowest BCUT2D eigenvalue weighted by molar-refractivity contribution is -0.138. The number of carbonyl (C=O) groups is 2. The molecule has 1 aliphatic heterocycles. The SMILES string of the molecule is CCC1=C(C(=O)OC)[C@@H](c2cccc(Cl)c2)CC(=O)N1Cc1ccc(C)cc1. The maximum atomic E-state index is 13.1. The Bertz CT molecular complexity index is 918. The van der Waals surface area contributed by atoms with Gasteiger partial charge in [-0.25, -0.2) is 4.79 Å². The fourth-order valence-electron chi connectivity index (χ4n) is 3.70. The van der Waals surface area contributed by atoms with Crippen LogP contribution in [0.4, 0.5) is 0 Å². The zero-order valence-electron chi connectivity index (χ0n) is 16.4. The fraction of sp³-hybridized carbons (Fsp3) is 0.304. The molecule has 3 rings (SSSR count). The Morgan fingerprint density at radius 1 is 1.21 bits per heavy atom. The Labute approximate surface area is 170 Å². The number of halogens is 1. The van der Waals surface area contributed by atoms with Gasteiger partial charge in [0.15, 0.2) is 0 Å². The molecule has 28 heavy (non-hydrogen) atoms. The second kappa shape index (κ2) is 8.61. The van der Waals surface area contributed by atoms with Crippen LogP contribution in [-0.2, 0) is 20.9 Å². The molecule has 0 saturated heterocycles. The maximum Gasteiger partial charge on any atom is 0.336 e. The number of carbonyl (C=O) groups excluding carboxylic acids is 2. The molecule has 0 N–H and O–H groups in total. The van der Waals surface area contributed by atoms with E-state index >= 15 is 0 Å². The van der Waals surface area contributed by atoms with Gasteiger partial charge in [-0.2, -0.15) is 0 Å². The third-order valence-electron chi connectivity index (χ3n) is 5.12. The molecule has 0 radical (unpaired) electrons. The molecule has 4 nitrogen and oxygen atoms in total. The van der Waals surface area contributed by atoms with Crippen LogP contribution in [0.3, 0.4) is 0 Å². The van der Waals surface area contributed by atoms with Gasteiger partial charge in [-0.3, -0.25) is 4.79 Å². The standard InChI is InChI=1S/C23H24ClNO3/c1-4-20-22(23(27)28-3)19(17-6-5-7-18(24)12-17)13-21(26)25(20)14-16-10-8-15(2)9-11-16/h5-12,19H,4,13-14H2,1-3H3/t19-/m1/s1. The van der Waals surface area contributed by atoms with Gasteiger partial charge in [0.25, 0.3) is 0 Å². The van der Waals surface area contributed by atoms with Crippen molar-refractivity contribution < 1.29 is 14.3 Å². The van der Waals surface area contributed by atoms with Crippen LogP contribution in [-0.4, -0.2) is 23.9 Å². The molecule has 1 aliphatic rings. The fourth-order valence-corrected chi connectivity index (χ4v) is 3.90. The second-order valence-electron chi connectivity index (χ2n) is 6.98. The number of esters is 1. The van der Waals surface area contributed by atoms with Crippen molar-refractivity contribution in [3.8, 4) is 0 Å². The van der Waals surface area contributed by atoms with Crippen molar-refractivity contribution in [3.05, 3.63) is 81.5 Å². The highest BCUT2D eigenvalue weighted by Crippen LogP contribution is 2.39. The smallest absolute Gasteiger partial charge is 0.336 e. The van der Waals surface area contributed by atoms with Gasteiger partial charge < -0.3 is 9.64 Å². The van der Waals surface area contributed by atoms with Gasteiger partial charge in [0, 0.05) is 23.1 Å². The van der Waals surface area contributed by atoms with Crippen molar-refractivity contribution in [2.24, 2.45) is 0 Å². The molecule has 0 aromatic heterocycles. The quantitative estimate of drug-likeness (QED) is 0.667. The minimum atomic E-state index is -0.400. The number of methoxy groups -OCH3 is 1. The van der Waals surface area contributed by atoms with Crippen LogP contribution in [0.1, 0.15) is 42.4 Å². The van der Waals surface area contributed by atoms with Gasteiger partial charge in [0.1, 0.15) is 0 Å². The summed E-state index contributed by atoms with van der Waals surface area (Å²) in [7, 11) is 1.37. The molecular weight excluding hydrogens is 374 g/mol. The molecule has 1 amide bonds. The summed E-state index contributed by atoms with van der Waals surface area (Å²) in [5.41, 5.74) is 4.29. The summed E-state index contributed by atoms with van der Waals surface area (Å²) in [5.74, 6) is -0.763. The van der Waals surface area contributed by atoms with E-state index in [1.165, 1.54) is 7.11 Å². The second-order valence-corrected chi connectivity index (χ2v) is 7.42. The van der Waals surface area contributed by atoms with Crippen LogP contribution in [0.2, 0.25) is 5.02 Å². The van der Waals surface area contributed by atoms with E-state index in [9.17, 15) is 9.59 Å². The first-order valence-corrected chi connectivity index (χ1v) is 9.75. The van der Waals surface area contributed by atoms with E-state index in [0.29, 0.717) is 29.3 Å². The van der Waals surface area contributed by atoms with Crippen LogP contribution >= 0.6 is 11.6 Å². The number of hydrogen-bond donors (Lipinski definition) is 0. The number of hydrogen-bond acceptors (Lipinski definition) is 3. The lowest BCUT2D eigenvalue weighted by Crippen LogP contribution is -2.38. The third kappa shape index (κ3) is 4.12. The van der Waals surface area contributed by atoms with Crippen molar-refractivity contribution in [1.29, 1.82) is 0 Å². The summed E-state index contributed by atoms with van der Waals surface area (Å²) < 4.78 is 5.09. The number of allylic oxidation sites excluding steroid dienone is 1. The predicted octanol–water partition coefficient (Wildman–Crippen LogP) is 5.00. The highest BCUT2D eigenvalue weighted by Gasteiger charge is 2.37. The van der Waals surface area contributed by atoms with Crippen LogP contribution < -0.4 is 0 Å². The largest absolute Gasteiger partial charge is 0.466 e. The molecule has 0 aliphatic carbocycles. The van der Waals surface area contributed by atoms with Crippen LogP contribution in [0, 0.1) is 6.92 Å². The highest BCUT2D eigenvalue weighted by molar-refractivity contribution is 6.30. The normalized spacial score (nSPS) is 17.1. The summed E-state index contributed by atoms with van der Waals surface area (Å²) >= 11 is 6.15. The molecule has 146 valence electrons. The molecule has 5 heteroatoms. The minimum Gasteiger partial charge on any atom is -0.466 e. The highest BCUT2D eigenvalue weighted by atomic mass is 35.5. The van der Waals surface area contributed by atoms with Crippen molar-refractivity contribution in [1.82, 2.24) is 4.90 Å². The van der Waals surface area contributed by atoms with Gasteiger partial charge in [-0.15, -0.1) is 0 Å². The first-order chi connectivity index (χ1) is 13.4. The zero-order valence-corrected chi connectivity index (χ0v) is 17.1. The van der Waals surface area contributed by atoms with E-state index in [1.54, 1.807) is 11.0 Å². The zero-order chi connectivity index (χ0) is 20.3. The topological polar surface area (TPSA) is 46.6 Å². The van der Waals surface area contributed by atoms with Crippen molar-refractivity contribution >= 4 is 23.5 Å². The summed E-state index contributed by atoms with van der Waals surface area (Å²) in [6, 6.07) is 15.4. The van der Waals surface area contributed by atoms with E-state index in [-0.39, 0.29) is 18.2 Å². The number of benzene rings is 2. The molecule has 1 atom stereocenters. The molecule has 2 aromatic carbocycles. The number of amides is 1. The van der Waals surface area contributed by atoms with E-state index < -0.39 is 5.97 Å². The molecule has 0 unspecified atom stereocenters. The predicted molar refractivity (Wildman–Crippen MR) is 110 cm³/mol. The van der Waals surface area contributed by atoms with Gasteiger partial charge in [-0.1, -0.05) is 60.5 Å². The third-order valence-corrected chi connectivity index (χ3v) is 5.35. The van der Waals surface area contributed by atoms with E-state index in [2.05, 4.69) is 0 Å². The van der Waals surface area contributed by atoms with Crippen LogP contribution in [0.15, 0.2) is 59.8 Å². The van der Waals surface area contributed by atoms with E-state index in [1.807, 2.05) is 56.3 Å². The summed E-state index contributed by atoms with van der Waals surface area (Å²) in [4.78, 5) is 27.5. The average Bonchev–Trinajstić information content (AvgIpc) is 2.69. The Morgan fingerprint density at radius 2 is 1.93 bits per heavy atom. The lowest BCUT2D eigenvalue weighted by Gasteiger charge is -2.35. The molecule has 1 heterocycles. The molecule has 0 saturated carbocycles. The van der Waals surface area contributed by atoms with E-state index in [4.69, 9.17) is 16.3 Å². The number of aryl methyl sites for hydroxylation is 1. The Balaban J connectivity index is 2.07. The molecule has 0 bridgehead atoms. The maximum absolute atomic E-state index is 13.1. The molecule has 0 spiro atoms. The monoisotopic (exact) mass is 397 g/mol. The summed E-state index contributed by atoms with van der Waals surface area (Å²) in [5, 5.41) is 0.578. The summed E-state index contributed by atoms with van der Waals surface area (Å²) in [6.07, 6.45) is 0.763. The average molecular weight is 398 g/mol. The first kappa shape index (κ1) is 20.2. The molecule has 2 aromatic rings. The minimum absolute atomic E-state index is 0.00458. The number of rotatable bonds is 5. The Morgan fingerprint density at radius 3 is 2.54 bits per heavy atom. The number of nitrogens with zero attached hydrogens (tertiary/aromatic N) is 1. The number of ether oxygens (including phenoxy) is 1.